The molecular weight excluding hydrogens is 939 g/mol. The van der Waals surface area contributed by atoms with Crippen LogP contribution in [0.3, 0.4) is 0 Å². The van der Waals surface area contributed by atoms with Crippen molar-refractivity contribution in [2.75, 3.05) is 13.2 Å². The lowest BCUT2D eigenvalue weighted by molar-refractivity contribution is -0.158. The second-order valence-corrected chi connectivity index (χ2v) is 22.2. The molecule has 18 heteroatoms. The van der Waals surface area contributed by atoms with E-state index < -0.39 is 120 Å². The monoisotopic (exact) mass is 1020 g/mol. The summed E-state index contributed by atoms with van der Waals surface area (Å²) in [5.41, 5.74) is 1.32. The van der Waals surface area contributed by atoms with Crippen LogP contribution in [-0.4, -0.2) is 125 Å². The summed E-state index contributed by atoms with van der Waals surface area (Å²) in [7, 11) is 0. The number of rotatable bonds is 22. The minimum absolute atomic E-state index is 0.0307. The normalized spacial score (nSPS) is 15.6. The molecule has 18 nitrogen and oxygen atoms in total. The van der Waals surface area contributed by atoms with Crippen LogP contribution < -0.4 is 26.6 Å². The molecule has 0 heterocycles. The van der Waals surface area contributed by atoms with Gasteiger partial charge in [-0.25, -0.2) is 9.59 Å². The van der Waals surface area contributed by atoms with E-state index in [0.717, 1.165) is 22.3 Å². The predicted molar refractivity (Wildman–Crippen MR) is 274 cm³/mol. The molecular formula is C55H77N5O13. The number of ether oxygens (including phenoxy) is 5. The molecule has 3 aromatic carbocycles. The molecule has 0 saturated carbocycles. The van der Waals surface area contributed by atoms with Gasteiger partial charge in [-0.3, -0.25) is 24.0 Å². The number of carbonyl (C=O) groups is 7. The van der Waals surface area contributed by atoms with Crippen molar-refractivity contribution in [3.05, 3.63) is 95.6 Å². The zero-order valence-electron chi connectivity index (χ0n) is 44.8. The number of fused-ring (bicyclic) bond motifs is 3. The van der Waals surface area contributed by atoms with Crippen LogP contribution in [0.1, 0.15) is 126 Å². The summed E-state index contributed by atoms with van der Waals surface area (Å²) >= 11 is 0. The van der Waals surface area contributed by atoms with Crippen LogP contribution in [0.4, 0.5) is 4.79 Å². The van der Waals surface area contributed by atoms with E-state index in [0.29, 0.717) is 5.56 Å². The fourth-order valence-corrected chi connectivity index (χ4v) is 8.19. The maximum absolute atomic E-state index is 14.7. The molecule has 3 aromatic rings. The van der Waals surface area contributed by atoms with Gasteiger partial charge in [0, 0.05) is 12.3 Å². The molecule has 6 N–H and O–H groups in total. The van der Waals surface area contributed by atoms with Gasteiger partial charge in [0.05, 0.1) is 42.0 Å². The Labute approximate surface area is 429 Å². The Balaban J connectivity index is 1.64. The molecule has 400 valence electrons. The fraction of sp³-hybridized carbons (Fsp3) is 0.545. The minimum Gasteiger partial charge on any atom is -0.480 e. The van der Waals surface area contributed by atoms with Crippen LogP contribution >= 0.6 is 0 Å². The van der Waals surface area contributed by atoms with E-state index in [1.54, 1.807) is 127 Å². The maximum atomic E-state index is 14.7. The van der Waals surface area contributed by atoms with E-state index in [4.69, 9.17) is 23.7 Å². The highest BCUT2D eigenvalue weighted by Crippen LogP contribution is 2.44. The van der Waals surface area contributed by atoms with Crippen LogP contribution in [-0.2, 0) is 58.9 Å². The average Bonchev–Trinajstić information content (AvgIpc) is 3.58. The molecule has 0 aliphatic heterocycles. The summed E-state index contributed by atoms with van der Waals surface area (Å²) in [5.74, 6) is -6.22. The van der Waals surface area contributed by atoms with Crippen molar-refractivity contribution in [2.45, 2.75) is 181 Å². The number of carboxylic acids is 1. The molecule has 5 amide bonds. The van der Waals surface area contributed by atoms with Gasteiger partial charge in [-0.05, 0) is 125 Å². The van der Waals surface area contributed by atoms with Crippen molar-refractivity contribution in [1.29, 1.82) is 0 Å². The number of carboxylic acid groups (broad SMARTS) is 1. The average molecular weight is 1020 g/mol. The van der Waals surface area contributed by atoms with E-state index in [2.05, 4.69) is 26.6 Å². The number of amides is 5. The van der Waals surface area contributed by atoms with E-state index in [1.807, 2.05) is 48.5 Å². The Bertz CT molecular complexity index is 2350. The maximum Gasteiger partial charge on any atom is 0.407 e. The standard InChI is InChI=1S/C55H77N5O13/c1-32(71-53(6,7)8)44(48(64)58-42(31-70-52(3,4)5)47(63)57-41(50(66)67)29-43(61)73-55(12,13)14)59-46(62)40(28-34-22-16-15-17-23-34)56-49(65)45(33(2)72-54(9,10)11)60-51(68)69-30-39-37-26-20-18-24-35(37)36-25-19-21-27-38(36)39/h15-27,32-33,39-42,44-45H,28-31H2,1-14H3,(H,56,65)(H,57,63)(H,58,64)(H,59,62)(H,60,68)(H,66,67)/t32-,33-,40+,41+,42+,44+,45+/m1/s1. The summed E-state index contributed by atoms with van der Waals surface area (Å²) in [6, 6.07) is 17.0. The minimum atomic E-state index is -1.74. The quantitative estimate of drug-likeness (QED) is 0.0623. The first-order valence-electron chi connectivity index (χ1n) is 24.6. The number of nitrogens with one attached hydrogen (secondary N) is 5. The van der Waals surface area contributed by atoms with Gasteiger partial charge < -0.3 is 55.4 Å². The number of alkyl carbamates (subject to hydrolysis) is 1. The molecule has 0 bridgehead atoms. The van der Waals surface area contributed by atoms with Gasteiger partial charge >= 0.3 is 18.0 Å². The molecule has 7 atom stereocenters. The second-order valence-electron chi connectivity index (χ2n) is 22.2. The smallest absolute Gasteiger partial charge is 0.407 e. The highest BCUT2D eigenvalue weighted by atomic mass is 16.6. The highest BCUT2D eigenvalue weighted by Gasteiger charge is 2.39. The fourth-order valence-electron chi connectivity index (χ4n) is 8.19. The Hall–Kier alpha value is -6.37. The van der Waals surface area contributed by atoms with Gasteiger partial charge in [0.1, 0.15) is 42.4 Å². The van der Waals surface area contributed by atoms with Crippen molar-refractivity contribution < 1.29 is 62.4 Å². The lowest BCUT2D eigenvalue weighted by Crippen LogP contribution is -2.63. The third-order valence-electron chi connectivity index (χ3n) is 11.1. The van der Waals surface area contributed by atoms with Crippen molar-refractivity contribution in [1.82, 2.24) is 26.6 Å². The first-order chi connectivity index (χ1) is 33.8. The van der Waals surface area contributed by atoms with Gasteiger partial charge in [-0.1, -0.05) is 78.9 Å². The van der Waals surface area contributed by atoms with Crippen LogP contribution in [0.15, 0.2) is 78.9 Å². The third kappa shape index (κ3) is 19.2. The number of esters is 1. The number of hydrogen-bond donors (Lipinski definition) is 6. The van der Waals surface area contributed by atoms with Crippen molar-refractivity contribution >= 4 is 41.7 Å². The zero-order valence-corrected chi connectivity index (χ0v) is 44.8. The van der Waals surface area contributed by atoms with Crippen molar-refractivity contribution in [2.24, 2.45) is 0 Å². The van der Waals surface area contributed by atoms with E-state index >= 15 is 0 Å². The summed E-state index contributed by atoms with van der Waals surface area (Å²) < 4.78 is 29.4. The van der Waals surface area contributed by atoms with Gasteiger partial charge in [0.2, 0.25) is 23.6 Å². The molecule has 0 unspecified atom stereocenters. The molecule has 0 saturated heterocycles. The van der Waals surface area contributed by atoms with Crippen LogP contribution in [0.5, 0.6) is 0 Å². The Morgan fingerprint density at radius 3 is 1.47 bits per heavy atom. The lowest BCUT2D eigenvalue weighted by Gasteiger charge is -2.34. The number of benzene rings is 3. The summed E-state index contributed by atoms with van der Waals surface area (Å²) in [6.07, 6.45) is -3.72. The summed E-state index contributed by atoms with van der Waals surface area (Å²) in [6.45, 7) is 23.3. The predicted octanol–water partition coefficient (Wildman–Crippen LogP) is 6.11. The van der Waals surface area contributed by atoms with E-state index in [9.17, 15) is 38.7 Å². The van der Waals surface area contributed by atoms with Gasteiger partial charge in [0.15, 0.2) is 0 Å². The molecule has 0 radical (unpaired) electrons. The van der Waals surface area contributed by atoms with Gasteiger partial charge in [-0.15, -0.1) is 0 Å². The second kappa shape index (κ2) is 25.0. The number of aliphatic carboxylic acids is 1. The third-order valence-corrected chi connectivity index (χ3v) is 11.1. The van der Waals surface area contributed by atoms with Crippen LogP contribution in [0.25, 0.3) is 11.1 Å². The van der Waals surface area contributed by atoms with Crippen molar-refractivity contribution in [3.63, 3.8) is 0 Å². The zero-order chi connectivity index (χ0) is 54.6. The van der Waals surface area contributed by atoms with E-state index in [-0.39, 0.29) is 18.9 Å². The number of carbonyl (C=O) groups excluding carboxylic acids is 6. The first-order valence-corrected chi connectivity index (χ1v) is 24.6. The molecule has 0 fully saturated rings. The molecule has 4 rings (SSSR count). The Kier molecular flexibility index (Phi) is 20.3. The van der Waals surface area contributed by atoms with E-state index in [1.165, 1.54) is 0 Å². The SMILES string of the molecule is C[C@@H](OC(C)(C)C)[C@H](NC(=O)OCC1c2ccccc2-c2ccccc21)C(=O)N[C@@H](Cc1ccccc1)C(=O)N[C@H](C(=O)N[C@@H](COC(C)(C)C)C(=O)N[C@@H](CC(=O)OC(C)(C)C)C(=O)O)[C@@H](C)OC(C)(C)C. The molecule has 73 heavy (non-hydrogen) atoms. The lowest BCUT2D eigenvalue weighted by atomic mass is 9.98. The highest BCUT2D eigenvalue weighted by molar-refractivity contribution is 5.97. The molecule has 0 spiro atoms. The van der Waals surface area contributed by atoms with Crippen LogP contribution in [0, 0.1) is 0 Å². The van der Waals surface area contributed by atoms with Gasteiger partial charge in [0.25, 0.3) is 0 Å². The van der Waals surface area contributed by atoms with Crippen LogP contribution in [0.2, 0.25) is 0 Å². The summed E-state index contributed by atoms with van der Waals surface area (Å²) in [5, 5.41) is 23.1. The molecule has 1 aliphatic carbocycles. The first kappa shape index (κ1) is 59.2. The largest absolute Gasteiger partial charge is 0.480 e. The number of hydrogen-bond acceptors (Lipinski definition) is 12. The topological polar surface area (TPSA) is 246 Å². The Morgan fingerprint density at radius 1 is 0.534 bits per heavy atom. The molecule has 1 aliphatic rings. The molecule has 0 aromatic heterocycles. The van der Waals surface area contributed by atoms with Crippen molar-refractivity contribution in [3.8, 4) is 11.1 Å². The Morgan fingerprint density at radius 2 is 0.986 bits per heavy atom. The summed E-state index contributed by atoms with van der Waals surface area (Å²) in [4.78, 5) is 96.5. The van der Waals surface area contributed by atoms with Gasteiger partial charge in [-0.2, -0.15) is 0 Å².